The van der Waals surface area contributed by atoms with Crippen LogP contribution in [0, 0.1) is 13.8 Å². The van der Waals surface area contributed by atoms with Gasteiger partial charge in [-0.2, -0.15) is 4.72 Å². The number of amides is 1. The normalized spacial score (nSPS) is 18.9. The molecule has 3 N–H and O–H groups in total. The number of ether oxygens (including phenoxy) is 2. The fourth-order valence-corrected chi connectivity index (χ4v) is 9.86. The molecule has 1 fully saturated rings. The summed E-state index contributed by atoms with van der Waals surface area (Å²) in [7, 11) is -3.97. The maximum absolute atomic E-state index is 13.7. The average Bonchev–Trinajstić information content (AvgIpc) is 3.67. The lowest BCUT2D eigenvalue weighted by molar-refractivity contribution is -0.255. The van der Waals surface area contributed by atoms with Gasteiger partial charge in [0.25, 0.3) is 0 Å². The van der Waals surface area contributed by atoms with Crippen molar-refractivity contribution in [3.63, 3.8) is 0 Å². The quantitative estimate of drug-likeness (QED) is 0.0895. The molecule has 5 atom stereocenters. The van der Waals surface area contributed by atoms with Crippen LogP contribution in [0.25, 0.3) is 0 Å². The minimum absolute atomic E-state index is 0.0519. The highest BCUT2D eigenvalue weighted by atomic mass is 32.2. The summed E-state index contributed by atoms with van der Waals surface area (Å²) in [4.78, 5) is 13.8. The molecule has 6 aromatic rings. The summed E-state index contributed by atoms with van der Waals surface area (Å²) in [6.45, 7) is 3.95. The summed E-state index contributed by atoms with van der Waals surface area (Å²) in [5.74, 6) is 0.0255. The zero-order valence-corrected chi connectivity index (χ0v) is 34.0. The molecule has 1 amide bonds. The number of nitrogens with one attached hydrogen (secondary N) is 2. The third kappa shape index (κ3) is 10.4. The lowest BCUT2D eigenvalue weighted by Gasteiger charge is -2.43. The molecular formula is C44H44N4O6S3. The van der Waals surface area contributed by atoms with Gasteiger partial charge in [-0.1, -0.05) is 150 Å². The summed E-state index contributed by atoms with van der Waals surface area (Å²) in [6.07, 6.45) is -1.17. The van der Waals surface area contributed by atoms with Crippen molar-refractivity contribution < 1.29 is 27.8 Å². The zero-order valence-electron chi connectivity index (χ0n) is 31.5. The monoisotopic (exact) mass is 820 g/mol. The Labute approximate surface area is 341 Å². The van der Waals surface area contributed by atoms with E-state index >= 15 is 0 Å². The third-order valence-electron chi connectivity index (χ3n) is 9.80. The largest absolute Gasteiger partial charge is 0.392 e. The number of aliphatic hydroxyl groups is 1. The zero-order chi connectivity index (χ0) is 39.8. The number of nitrogens with zero attached hydrogens (tertiary/aromatic N) is 2. The van der Waals surface area contributed by atoms with E-state index in [1.165, 1.54) is 12.1 Å². The van der Waals surface area contributed by atoms with Crippen molar-refractivity contribution in [1.82, 2.24) is 20.2 Å². The first-order chi connectivity index (χ1) is 27.6. The van der Waals surface area contributed by atoms with Crippen LogP contribution >= 0.6 is 23.1 Å². The Bertz CT molecular complexity index is 2330. The summed E-state index contributed by atoms with van der Waals surface area (Å²) in [6, 6.07) is 40.6. The predicted molar refractivity (Wildman–Crippen MR) is 222 cm³/mol. The number of aliphatic hydroxyl groups excluding tert-OH is 1. The first kappa shape index (κ1) is 40.5. The molecule has 1 aromatic heterocycles. The maximum Gasteiger partial charge on any atom is 0.241 e. The Morgan fingerprint density at radius 3 is 2.07 bits per heavy atom. The molecule has 1 aliphatic heterocycles. The molecule has 10 nitrogen and oxygen atoms in total. The van der Waals surface area contributed by atoms with Crippen LogP contribution in [-0.4, -0.2) is 47.5 Å². The minimum Gasteiger partial charge on any atom is -0.392 e. The molecule has 1 aliphatic rings. The van der Waals surface area contributed by atoms with Gasteiger partial charge >= 0.3 is 0 Å². The molecule has 294 valence electrons. The topological polar surface area (TPSA) is 140 Å². The molecule has 0 saturated carbocycles. The molecular weight excluding hydrogens is 777 g/mol. The van der Waals surface area contributed by atoms with Crippen LogP contribution in [-0.2, 0) is 43.9 Å². The van der Waals surface area contributed by atoms with Crippen LogP contribution in [0.15, 0.2) is 143 Å². The molecule has 1 unspecified atom stereocenters. The molecule has 2 heterocycles. The summed E-state index contributed by atoms with van der Waals surface area (Å²) < 4.78 is 43.9. The van der Waals surface area contributed by atoms with Gasteiger partial charge in [0.1, 0.15) is 11.0 Å². The second-order valence-corrected chi connectivity index (χ2v) is 18.1. The van der Waals surface area contributed by atoms with E-state index in [9.17, 15) is 18.3 Å². The molecule has 0 radical (unpaired) electrons. The molecule has 0 spiro atoms. The van der Waals surface area contributed by atoms with Gasteiger partial charge in [0, 0.05) is 23.8 Å². The highest BCUT2D eigenvalue weighted by Crippen LogP contribution is 2.48. The number of thioether (sulfide) groups is 1. The number of hydrogen-bond donors (Lipinski definition) is 3. The highest BCUT2D eigenvalue weighted by molar-refractivity contribution is 8.01. The predicted octanol–water partition coefficient (Wildman–Crippen LogP) is 7.58. The van der Waals surface area contributed by atoms with E-state index in [2.05, 4.69) is 32.4 Å². The smallest absolute Gasteiger partial charge is 0.241 e. The SMILES string of the molecule is Cc1ccc(S(=O)(=O)N[C@H](Cc2ccccc2)C(=O)NCc2ccc(C3O[C@H](CSc4nnc(C)s4)[C@@H](c4ccccc4)[C@H](c4ccc(CO)cc4)O3)cc2)cc1. The van der Waals surface area contributed by atoms with Crippen molar-refractivity contribution in [3.05, 3.63) is 177 Å². The maximum atomic E-state index is 13.7. The van der Waals surface area contributed by atoms with Gasteiger partial charge in [0.15, 0.2) is 10.6 Å². The van der Waals surface area contributed by atoms with Gasteiger partial charge in [-0.15, -0.1) is 10.2 Å². The number of aryl methyl sites for hydroxylation is 2. The summed E-state index contributed by atoms with van der Waals surface area (Å²) in [5.41, 5.74) is 6.26. The van der Waals surface area contributed by atoms with Crippen molar-refractivity contribution in [3.8, 4) is 0 Å². The molecule has 1 saturated heterocycles. The fraction of sp³-hybridized carbons (Fsp3) is 0.250. The van der Waals surface area contributed by atoms with Crippen LogP contribution < -0.4 is 10.0 Å². The lowest BCUT2D eigenvalue weighted by atomic mass is 9.84. The van der Waals surface area contributed by atoms with Gasteiger partial charge in [-0.3, -0.25) is 4.79 Å². The number of aromatic nitrogens is 2. The van der Waals surface area contributed by atoms with Gasteiger partial charge in [0.2, 0.25) is 15.9 Å². The van der Waals surface area contributed by atoms with Crippen molar-refractivity contribution in [2.45, 2.75) is 73.1 Å². The summed E-state index contributed by atoms with van der Waals surface area (Å²) >= 11 is 3.16. The van der Waals surface area contributed by atoms with Crippen LogP contribution in [0.5, 0.6) is 0 Å². The number of benzene rings is 5. The Balaban J connectivity index is 1.10. The number of sulfonamides is 1. The van der Waals surface area contributed by atoms with Crippen molar-refractivity contribution in [2.24, 2.45) is 0 Å². The van der Waals surface area contributed by atoms with Crippen LogP contribution in [0.4, 0.5) is 0 Å². The van der Waals surface area contributed by atoms with E-state index in [4.69, 9.17) is 9.47 Å². The Kier molecular flexibility index (Phi) is 13.3. The van der Waals surface area contributed by atoms with E-state index in [1.54, 1.807) is 35.2 Å². The van der Waals surface area contributed by atoms with E-state index in [0.717, 1.165) is 48.3 Å². The standard InChI is InChI=1S/C44H44N4O6S3/c1-29-13-23-37(24-14-29)57(51,52)48-38(25-31-9-5-3-6-10-31)42(50)45-26-32-15-21-36(22-16-32)43-53-39(28-55-44-47-46-30(2)56-44)40(34-11-7-4-8-12-34)41(54-43)35-19-17-33(27-49)18-20-35/h3-24,38-41,43,48-49H,25-28H2,1-2H3,(H,45,50)/t38-,39-,40-,41+,43?/m1/s1. The lowest BCUT2D eigenvalue weighted by Crippen LogP contribution is -2.47. The Morgan fingerprint density at radius 2 is 1.42 bits per heavy atom. The Hall–Kier alpha value is -4.73. The average molecular weight is 821 g/mol. The second-order valence-electron chi connectivity index (χ2n) is 13.9. The molecule has 0 bridgehead atoms. The third-order valence-corrected chi connectivity index (χ3v) is 13.3. The van der Waals surface area contributed by atoms with E-state index < -0.39 is 28.3 Å². The summed E-state index contributed by atoms with van der Waals surface area (Å²) in [5, 5.41) is 22.1. The van der Waals surface area contributed by atoms with Gasteiger partial charge in [-0.25, -0.2) is 8.42 Å². The molecule has 5 aromatic carbocycles. The van der Waals surface area contributed by atoms with Crippen molar-refractivity contribution in [2.75, 3.05) is 5.75 Å². The van der Waals surface area contributed by atoms with Crippen LogP contribution in [0.2, 0.25) is 0 Å². The van der Waals surface area contributed by atoms with Crippen LogP contribution in [0.3, 0.4) is 0 Å². The van der Waals surface area contributed by atoms with Gasteiger partial charge < -0.3 is 19.9 Å². The first-order valence-electron chi connectivity index (χ1n) is 18.6. The minimum atomic E-state index is -3.97. The highest BCUT2D eigenvalue weighted by Gasteiger charge is 2.42. The molecule has 13 heteroatoms. The number of hydrogen-bond acceptors (Lipinski definition) is 10. The number of rotatable bonds is 15. The number of carbonyl (C=O) groups excluding carboxylic acids is 1. The van der Waals surface area contributed by atoms with Crippen molar-refractivity contribution >= 4 is 39.0 Å². The Morgan fingerprint density at radius 1 is 0.772 bits per heavy atom. The van der Waals surface area contributed by atoms with Crippen molar-refractivity contribution in [1.29, 1.82) is 0 Å². The number of carbonyl (C=O) groups is 1. The molecule has 7 rings (SSSR count). The fourth-order valence-electron chi connectivity index (χ4n) is 6.76. The first-order valence-corrected chi connectivity index (χ1v) is 21.9. The van der Waals surface area contributed by atoms with Crippen LogP contribution in [0.1, 0.15) is 62.3 Å². The van der Waals surface area contributed by atoms with Gasteiger partial charge in [0.05, 0.1) is 23.7 Å². The second kappa shape index (κ2) is 18.7. The molecule has 0 aliphatic carbocycles. The van der Waals surface area contributed by atoms with E-state index in [-0.39, 0.29) is 42.6 Å². The van der Waals surface area contributed by atoms with E-state index in [1.807, 2.05) is 111 Å². The van der Waals surface area contributed by atoms with Gasteiger partial charge in [-0.05, 0) is 60.2 Å². The van der Waals surface area contributed by atoms with E-state index in [0.29, 0.717) is 5.75 Å². The molecule has 57 heavy (non-hydrogen) atoms.